The van der Waals surface area contributed by atoms with Gasteiger partial charge >= 0.3 is 0 Å². The molecule has 0 unspecified atom stereocenters. The summed E-state index contributed by atoms with van der Waals surface area (Å²) in [7, 11) is 0. The van der Waals surface area contributed by atoms with Crippen LogP contribution in [0.25, 0.3) is 0 Å². The fourth-order valence-electron chi connectivity index (χ4n) is 5.80. The second-order valence-corrected chi connectivity index (χ2v) is 8.57. The molecule has 0 bridgehead atoms. The average molecular weight is 355 g/mol. The van der Waals surface area contributed by atoms with E-state index in [0.717, 1.165) is 44.1 Å². The molecule has 5 rings (SSSR count). The van der Waals surface area contributed by atoms with Gasteiger partial charge < -0.3 is 9.80 Å². The summed E-state index contributed by atoms with van der Waals surface area (Å²) in [4.78, 5) is 29.1. The maximum atomic E-state index is 12.6. The Bertz CT molecular complexity index is 703. The maximum absolute atomic E-state index is 12.6. The van der Waals surface area contributed by atoms with E-state index in [1.165, 1.54) is 32.1 Å². The van der Waals surface area contributed by atoms with E-state index < -0.39 is 0 Å². The minimum absolute atomic E-state index is 0.129. The summed E-state index contributed by atoms with van der Waals surface area (Å²) in [6, 6.07) is 2.95. The maximum Gasteiger partial charge on any atom is 0.225 e. The topological polar surface area (TPSA) is 52.6 Å². The van der Waals surface area contributed by atoms with Gasteiger partial charge in [0.1, 0.15) is 0 Å². The van der Waals surface area contributed by atoms with E-state index in [0.29, 0.717) is 24.4 Å². The monoisotopic (exact) mass is 355 g/mol. The fourth-order valence-corrected chi connectivity index (χ4v) is 5.80. The number of carbonyl (C=O) groups excluding carboxylic acids is 1. The van der Waals surface area contributed by atoms with Crippen LogP contribution in [-0.2, 0) is 11.3 Å². The highest BCUT2D eigenvalue weighted by Crippen LogP contribution is 2.48. The van der Waals surface area contributed by atoms with E-state index in [4.69, 9.17) is 4.98 Å². The van der Waals surface area contributed by atoms with Crippen LogP contribution in [-0.4, -0.2) is 56.5 Å². The first-order chi connectivity index (χ1) is 12.7. The number of carbonyl (C=O) groups is 1. The summed E-state index contributed by atoms with van der Waals surface area (Å²) in [6.07, 6.45) is 10.9. The Hall–Kier alpha value is -1.69. The Morgan fingerprint density at radius 3 is 2.73 bits per heavy atom. The number of rotatable bonds is 3. The molecule has 26 heavy (non-hydrogen) atoms. The van der Waals surface area contributed by atoms with E-state index in [2.05, 4.69) is 32.7 Å². The number of hydrogen-bond acceptors (Lipinski definition) is 5. The van der Waals surface area contributed by atoms with Crippen molar-refractivity contribution in [3.63, 3.8) is 0 Å². The van der Waals surface area contributed by atoms with Crippen LogP contribution in [0.1, 0.15) is 64.0 Å². The van der Waals surface area contributed by atoms with Gasteiger partial charge in [-0.2, -0.15) is 0 Å². The molecule has 1 aliphatic carbocycles. The van der Waals surface area contributed by atoms with Gasteiger partial charge in [0.2, 0.25) is 11.9 Å². The van der Waals surface area contributed by atoms with E-state index in [1.54, 1.807) is 0 Å². The lowest BCUT2D eigenvalue weighted by Crippen LogP contribution is -2.49. The van der Waals surface area contributed by atoms with Crippen molar-refractivity contribution in [3.05, 3.63) is 18.0 Å². The molecule has 4 fully saturated rings. The smallest absolute Gasteiger partial charge is 0.225 e. The van der Waals surface area contributed by atoms with Crippen molar-refractivity contribution in [2.24, 2.45) is 0 Å². The van der Waals surface area contributed by atoms with Crippen LogP contribution in [0.4, 0.5) is 5.95 Å². The third-order valence-electron chi connectivity index (χ3n) is 7.07. The Balaban J connectivity index is 1.43. The lowest BCUT2D eigenvalue weighted by Gasteiger charge is -2.37. The van der Waals surface area contributed by atoms with Crippen LogP contribution in [0.3, 0.4) is 0 Å². The molecule has 3 atom stereocenters. The van der Waals surface area contributed by atoms with Crippen molar-refractivity contribution in [1.82, 2.24) is 19.8 Å². The van der Waals surface area contributed by atoms with Gasteiger partial charge in [0, 0.05) is 44.3 Å². The van der Waals surface area contributed by atoms with Crippen molar-refractivity contribution < 1.29 is 4.79 Å². The first kappa shape index (κ1) is 16.5. The number of anilines is 1. The molecule has 1 aromatic heterocycles. The minimum Gasteiger partial charge on any atom is -0.341 e. The zero-order chi connectivity index (χ0) is 17.7. The number of amides is 1. The van der Waals surface area contributed by atoms with Gasteiger partial charge in [-0.3, -0.25) is 9.69 Å². The Kier molecular flexibility index (Phi) is 3.92. The molecule has 6 nitrogen and oxygen atoms in total. The van der Waals surface area contributed by atoms with E-state index in [-0.39, 0.29) is 5.66 Å². The van der Waals surface area contributed by atoms with Gasteiger partial charge in [-0.1, -0.05) is 12.8 Å². The Labute approximate surface area is 155 Å². The van der Waals surface area contributed by atoms with Crippen LogP contribution in [0.5, 0.6) is 0 Å². The van der Waals surface area contributed by atoms with E-state index >= 15 is 0 Å². The zero-order valence-electron chi connectivity index (χ0n) is 15.7. The molecule has 6 heteroatoms. The molecule has 0 spiro atoms. The number of nitrogens with zero attached hydrogens (tertiary/aromatic N) is 5. The number of fused-ring (bicyclic) bond motifs is 3. The molecule has 0 aromatic carbocycles. The first-order valence-electron chi connectivity index (χ1n) is 10.3. The highest BCUT2D eigenvalue weighted by Gasteiger charge is 2.59. The lowest BCUT2D eigenvalue weighted by atomic mass is 9.90. The van der Waals surface area contributed by atoms with Gasteiger partial charge in [0.25, 0.3) is 0 Å². The van der Waals surface area contributed by atoms with Gasteiger partial charge in [0.15, 0.2) is 0 Å². The summed E-state index contributed by atoms with van der Waals surface area (Å²) >= 11 is 0. The fraction of sp³-hybridized carbons (Fsp3) is 0.750. The first-order valence-corrected chi connectivity index (χ1v) is 10.3. The molecule has 0 radical (unpaired) electrons. The molecule has 4 heterocycles. The van der Waals surface area contributed by atoms with Gasteiger partial charge in [-0.05, 0) is 45.1 Å². The number of aromatic nitrogens is 2. The van der Waals surface area contributed by atoms with Crippen molar-refractivity contribution in [3.8, 4) is 0 Å². The zero-order valence-corrected chi connectivity index (χ0v) is 15.7. The van der Waals surface area contributed by atoms with Crippen LogP contribution in [0.2, 0.25) is 0 Å². The standard InChI is InChI=1S/C20H29N5O/c1-20-10-8-18(26)25(20)17-7-3-2-6-16(17)24(20)14-15-9-11-21-19(22-15)23-12-4-5-13-23/h9,11,16-17H,2-8,10,12-14H2,1H3/t16-,17+,20+/m0/s1. The summed E-state index contributed by atoms with van der Waals surface area (Å²) in [5, 5.41) is 0. The second-order valence-electron chi connectivity index (χ2n) is 8.57. The molecule has 4 aliphatic rings. The second kappa shape index (κ2) is 6.19. The van der Waals surface area contributed by atoms with Crippen LogP contribution in [0, 0.1) is 0 Å². The molecule has 1 saturated carbocycles. The van der Waals surface area contributed by atoms with Crippen molar-refractivity contribution >= 4 is 11.9 Å². The van der Waals surface area contributed by atoms with Gasteiger partial charge in [-0.25, -0.2) is 9.97 Å². The summed E-state index contributed by atoms with van der Waals surface area (Å²) < 4.78 is 0. The van der Waals surface area contributed by atoms with Crippen molar-refractivity contribution in [1.29, 1.82) is 0 Å². The molecule has 1 amide bonds. The number of hydrogen-bond donors (Lipinski definition) is 0. The molecule has 3 saturated heterocycles. The molecular weight excluding hydrogens is 326 g/mol. The predicted octanol–water partition coefficient (Wildman–Crippen LogP) is 2.54. The van der Waals surface area contributed by atoms with Gasteiger partial charge in [0.05, 0.1) is 11.4 Å². The largest absolute Gasteiger partial charge is 0.341 e. The molecule has 0 N–H and O–H groups in total. The Morgan fingerprint density at radius 1 is 1.15 bits per heavy atom. The van der Waals surface area contributed by atoms with E-state index in [9.17, 15) is 4.79 Å². The summed E-state index contributed by atoms with van der Waals surface area (Å²) in [5.74, 6) is 1.23. The third-order valence-corrected chi connectivity index (χ3v) is 7.07. The highest BCUT2D eigenvalue weighted by atomic mass is 16.2. The molecule has 140 valence electrons. The normalized spacial score (nSPS) is 34.4. The van der Waals surface area contributed by atoms with Crippen LogP contribution < -0.4 is 4.90 Å². The van der Waals surface area contributed by atoms with Crippen molar-refractivity contribution in [2.45, 2.75) is 82.6 Å². The molecule has 3 aliphatic heterocycles. The lowest BCUT2D eigenvalue weighted by molar-refractivity contribution is -0.133. The van der Waals surface area contributed by atoms with Crippen LogP contribution >= 0.6 is 0 Å². The SMILES string of the molecule is C[C@]12CCC(=O)N1[C@@H]1CCCC[C@@H]1N2Cc1ccnc(N2CCCC2)n1. The summed E-state index contributed by atoms with van der Waals surface area (Å²) in [6.45, 7) is 5.24. The average Bonchev–Trinajstić information content (AvgIpc) is 3.34. The van der Waals surface area contributed by atoms with Gasteiger partial charge in [-0.15, -0.1) is 0 Å². The summed E-state index contributed by atoms with van der Waals surface area (Å²) in [5.41, 5.74) is 0.962. The third kappa shape index (κ3) is 2.45. The van der Waals surface area contributed by atoms with E-state index in [1.807, 2.05) is 6.20 Å². The highest BCUT2D eigenvalue weighted by molar-refractivity contribution is 5.80. The quantitative estimate of drug-likeness (QED) is 0.834. The molecular formula is C20H29N5O. The van der Waals surface area contributed by atoms with Crippen LogP contribution in [0.15, 0.2) is 12.3 Å². The Morgan fingerprint density at radius 2 is 1.92 bits per heavy atom. The van der Waals surface area contributed by atoms with Crippen molar-refractivity contribution in [2.75, 3.05) is 18.0 Å². The molecule has 1 aromatic rings. The predicted molar refractivity (Wildman–Crippen MR) is 99.6 cm³/mol. The minimum atomic E-state index is -0.129.